The van der Waals surface area contributed by atoms with Crippen molar-refractivity contribution in [3.63, 3.8) is 0 Å². The van der Waals surface area contributed by atoms with E-state index >= 15 is 0 Å². The topological polar surface area (TPSA) is 72.8 Å². The molecule has 0 aliphatic carbocycles. The molecular formula is C17H18O5. The van der Waals surface area contributed by atoms with E-state index in [1.807, 2.05) is 0 Å². The summed E-state index contributed by atoms with van der Waals surface area (Å²) in [7, 11) is 1.30. The van der Waals surface area contributed by atoms with Gasteiger partial charge in [-0.1, -0.05) is 12.1 Å². The molecule has 1 N–H and O–H groups in total. The Morgan fingerprint density at radius 3 is 2.32 bits per heavy atom. The largest absolute Gasteiger partial charge is 0.507 e. The second-order valence-corrected chi connectivity index (χ2v) is 5.89. The number of phenolic OH excluding ortho intramolecular Hbond substituents is 1. The van der Waals surface area contributed by atoms with E-state index in [0.29, 0.717) is 16.3 Å². The molecule has 0 fully saturated rings. The highest BCUT2D eigenvalue weighted by Gasteiger charge is 2.23. The number of fused-ring (bicyclic) bond motifs is 1. The van der Waals surface area contributed by atoms with Crippen molar-refractivity contribution in [2.45, 2.75) is 26.4 Å². The zero-order chi connectivity index (χ0) is 16.5. The molecule has 0 bridgehead atoms. The smallest absolute Gasteiger partial charge is 0.343 e. The van der Waals surface area contributed by atoms with E-state index in [9.17, 15) is 14.7 Å². The van der Waals surface area contributed by atoms with E-state index in [4.69, 9.17) is 4.74 Å². The molecule has 0 saturated heterocycles. The van der Waals surface area contributed by atoms with Crippen molar-refractivity contribution in [1.29, 1.82) is 0 Å². The molecule has 5 nitrogen and oxygen atoms in total. The van der Waals surface area contributed by atoms with E-state index < -0.39 is 17.5 Å². The molecule has 0 heterocycles. The lowest BCUT2D eigenvalue weighted by Crippen LogP contribution is -2.24. The van der Waals surface area contributed by atoms with Crippen LogP contribution in [0.25, 0.3) is 10.8 Å². The first kappa shape index (κ1) is 15.8. The Morgan fingerprint density at radius 1 is 1.05 bits per heavy atom. The Balaban J connectivity index is 2.57. The van der Waals surface area contributed by atoms with Gasteiger partial charge in [0, 0.05) is 0 Å². The second kappa shape index (κ2) is 5.67. The van der Waals surface area contributed by atoms with E-state index in [-0.39, 0.29) is 11.3 Å². The third kappa shape index (κ3) is 3.19. The number of esters is 2. The summed E-state index contributed by atoms with van der Waals surface area (Å²) in [6.07, 6.45) is 0. The zero-order valence-electron chi connectivity index (χ0n) is 13.0. The van der Waals surface area contributed by atoms with Crippen LogP contribution in [0.3, 0.4) is 0 Å². The molecule has 116 valence electrons. The summed E-state index contributed by atoms with van der Waals surface area (Å²) in [6, 6.07) is 7.78. The van der Waals surface area contributed by atoms with Crippen molar-refractivity contribution in [2.24, 2.45) is 0 Å². The lowest BCUT2D eigenvalue weighted by atomic mass is 10.0. The van der Waals surface area contributed by atoms with Crippen LogP contribution in [0.4, 0.5) is 0 Å². The van der Waals surface area contributed by atoms with Crippen molar-refractivity contribution in [1.82, 2.24) is 0 Å². The van der Waals surface area contributed by atoms with Gasteiger partial charge in [0.05, 0.1) is 12.7 Å². The van der Waals surface area contributed by atoms with Gasteiger partial charge >= 0.3 is 11.9 Å². The molecule has 2 rings (SSSR count). The van der Waals surface area contributed by atoms with Crippen LogP contribution >= 0.6 is 0 Å². The monoisotopic (exact) mass is 302 g/mol. The molecule has 0 radical (unpaired) electrons. The van der Waals surface area contributed by atoms with Crippen LogP contribution in [-0.2, 0) is 9.47 Å². The first-order valence-corrected chi connectivity index (χ1v) is 6.80. The zero-order valence-corrected chi connectivity index (χ0v) is 13.0. The number of phenols is 1. The van der Waals surface area contributed by atoms with Crippen LogP contribution in [-0.4, -0.2) is 29.8 Å². The van der Waals surface area contributed by atoms with Crippen LogP contribution in [0.2, 0.25) is 0 Å². The summed E-state index contributed by atoms with van der Waals surface area (Å²) in [6.45, 7) is 5.26. The van der Waals surface area contributed by atoms with Gasteiger partial charge < -0.3 is 14.6 Å². The molecule has 0 unspecified atom stereocenters. The SMILES string of the molecule is COC(=O)c1ccc2c(C(=O)OC(C)(C)C)c(O)ccc2c1. The highest BCUT2D eigenvalue weighted by molar-refractivity contribution is 6.08. The number of carbonyl (C=O) groups excluding carboxylic acids is 2. The van der Waals surface area contributed by atoms with Crippen LogP contribution in [0.15, 0.2) is 30.3 Å². The number of carbonyl (C=O) groups is 2. The van der Waals surface area contributed by atoms with E-state index in [0.717, 1.165) is 0 Å². The van der Waals surface area contributed by atoms with Gasteiger partial charge in [0.15, 0.2) is 0 Å². The van der Waals surface area contributed by atoms with Crippen molar-refractivity contribution >= 4 is 22.7 Å². The maximum Gasteiger partial charge on any atom is 0.343 e. The van der Waals surface area contributed by atoms with Crippen molar-refractivity contribution in [3.8, 4) is 5.75 Å². The first-order valence-electron chi connectivity index (χ1n) is 6.80. The molecule has 0 aliphatic heterocycles. The van der Waals surface area contributed by atoms with Gasteiger partial charge in [-0.05, 0) is 49.7 Å². The number of methoxy groups -OCH3 is 1. The third-order valence-corrected chi connectivity index (χ3v) is 3.02. The molecule has 5 heteroatoms. The highest BCUT2D eigenvalue weighted by atomic mass is 16.6. The Labute approximate surface area is 128 Å². The lowest BCUT2D eigenvalue weighted by molar-refractivity contribution is 0.00691. The van der Waals surface area contributed by atoms with Gasteiger partial charge in [-0.25, -0.2) is 9.59 Å². The quantitative estimate of drug-likeness (QED) is 0.862. The van der Waals surface area contributed by atoms with E-state index in [1.165, 1.54) is 13.2 Å². The lowest BCUT2D eigenvalue weighted by Gasteiger charge is -2.20. The Morgan fingerprint density at radius 2 is 1.73 bits per heavy atom. The number of hydrogen-bond acceptors (Lipinski definition) is 5. The standard InChI is InChI=1S/C17H18O5/c1-17(2,3)22-16(20)14-12-7-5-11(15(19)21-4)9-10(12)6-8-13(14)18/h5-9,18H,1-4H3. The number of rotatable bonds is 2. The number of benzene rings is 2. The van der Waals surface area contributed by atoms with Crippen LogP contribution in [0.1, 0.15) is 41.5 Å². The van der Waals surface area contributed by atoms with Gasteiger partial charge in [-0.2, -0.15) is 0 Å². The fourth-order valence-corrected chi connectivity index (χ4v) is 2.11. The number of aromatic hydroxyl groups is 1. The summed E-state index contributed by atoms with van der Waals surface area (Å²) in [5.41, 5.74) is -0.211. The minimum Gasteiger partial charge on any atom is -0.507 e. The van der Waals surface area contributed by atoms with Crippen LogP contribution in [0, 0.1) is 0 Å². The molecular weight excluding hydrogens is 284 g/mol. The number of ether oxygens (including phenoxy) is 2. The molecule has 0 saturated carbocycles. The Kier molecular flexibility index (Phi) is 4.08. The van der Waals surface area contributed by atoms with Gasteiger partial charge in [-0.15, -0.1) is 0 Å². The molecule has 0 amide bonds. The maximum atomic E-state index is 12.3. The first-order chi connectivity index (χ1) is 10.2. The molecule has 0 aromatic heterocycles. The highest BCUT2D eigenvalue weighted by Crippen LogP contribution is 2.30. The second-order valence-electron chi connectivity index (χ2n) is 5.89. The third-order valence-electron chi connectivity index (χ3n) is 3.02. The molecule has 2 aromatic carbocycles. The average Bonchev–Trinajstić information content (AvgIpc) is 2.43. The van der Waals surface area contributed by atoms with Crippen molar-refractivity contribution < 1.29 is 24.2 Å². The molecule has 22 heavy (non-hydrogen) atoms. The predicted octanol–water partition coefficient (Wildman–Crippen LogP) is 3.29. The van der Waals surface area contributed by atoms with Crippen LogP contribution < -0.4 is 0 Å². The van der Waals surface area contributed by atoms with Gasteiger partial charge in [0.2, 0.25) is 0 Å². The normalized spacial score (nSPS) is 11.3. The minimum atomic E-state index is -0.669. The molecule has 2 aromatic rings. The van der Waals surface area contributed by atoms with Gasteiger partial charge in [-0.3, -0.25) is 0 Å². The van der Waals surface area contributed by atoms with Crippen LogP contribution in [0.5, 0.6) is 5.75 Å². The fourth-order valence-electron chi connectivity index (χ4n) is 2.11. The number of hydrogen-bond donors (Lipinski definition) is 1. The predicted molar refractivity (Wildman–Crippen MR) is 82.1 cm³/mol. The summed E-state index contributed by atoms with van der Waals surface area (Å²) in [5, 5.41) is 11.2. The fraction of sp³-hybridized carbons (Fsp3) is 0.294. The summed E-state index contributed by atoms with van der Waals surface area (Å²) in [5.74, 6) is -1.23. The van der Waals surface area contributed by atoms with Crippen molar-refractivity contribution in [3.05, 3.63) is 41.5 Å². The molecule has 0 spiro atoms. The summed E-state index contributed by atoms with van der Waals surface area (Å²) >= 11 is 0. The van der Waals surface area contributed by atoms with E-state index in [1.54, 1.807) is 45.0 Å². The molecule has 0 atom stereocenters. The van der Waals surface area contributed by atoms with Gasteiger partial charge in [0.25, 0.3) is 0 Å². The summed E-state index contributed by atoms with van der Waals surface area (Å²) in [4.78, 5) is 23.9. The maximum absolute atomic E-state index is 12.3. The van der Waals surface area contributed by atoms with Gasteiger partial charge in [0.1, 0.15) is 16.9 Å². The van der Waals surface area contributed by atoms with Crippen molar-refractivity contribution in [2.75, 3.05) is 7.11 Å². The Bertz CT molecular complexity index is 741. The van der Waals surface area contributed by atoms with E-state index in [2.05, 4.69) is 4.74 Å². The average molecular weight is 302 g/mol. The minimum absolute atomic E-state index is 0.0869. The summed E-state index contributed by atoms with van der Waals surface area (Å²) < 4.78 is 9.99. The Hall–Kier alpha value is -2.56. The molecule has 0 aliphatic rings.